The van der Waals surface area contributed by atoms with Crippen molar-refractivity contribution in [1.29, 1.82) is 0 Å². The minimum atomic E-state index is -3.32. The van der Waals surface area contributed by atoms with Crippen LogP contribution in [-0.2, 0) is 9.47 Å². The van der Waals surface area contributed by atoms with Crippen LogP contribution in [0.5, 0.6) is 0 Å². The number of aromatic nitrogens is 3. The van der Waals surface area contributed by atoms with Crippen LogP contribution in [0, 0.1) is 5.92 Å². The first-order valence-corrected chi connectivity index (χ1v) is 15.5. The summed E-state index contributed by atoms with van der Waals surface area (Å²) in [5.41, 5.74) is 0.393. The van der Waals surface area contributed by atoms with Gasteiger partial charge in [0.05, 0.1) is 42.9 Å². The summed E-state index contributed by atoms with van der Waals surface area (Å²) in [5.74, 6) is -6.41. The van der Waals surface area contributed by atoms with Crippen molar-refractivity contribution >= 4 is 49.2 Å². The number of rotatable bonds is 8. The number of nitrogens with zero attached hydrogens (tertiary/aromatic N) is 4. The van der Waals surface area contributed by atoms with E-state index in [4.69, 9.17) is 14.5 Å². The van der Waals surface area contributed by atoms with E-state index >= 15 is 8.78 Å². The largest absolute Gasteiger partial charge is 0.444 e. The molecule has 1 aliphatic heterocycles. The van der Waals surface area contributed by atoms with Gasteiger partial charge in [0.2, 0.25) is 5.92 Å². The van der Waals surface area contributed by atoms with E-state index in [9.17, 15) is 18.4 Å². The van der Waals surface area contributed by atoms with E-state index in [1.165, 1.54) is 42.1 Å². The quantitative estimate of drug-likeness (QED) is 0.330. The summed E-state index contributed by atoms with van der Waals surface area (Å²) >= 11 is 0. The number of carbonyl (C=O) groups is 2. The maximum atomic E-state index is 15.8. The van der Waals surface area contributed by atoms with Crippen LogP contribution in [-0.4, -0.2) is 104 Å². The lowest BCUT2D eigenvalue weighted by Gasteiger charge is -2.57. The van der Waals surface area contributed by atoms with Crippen LogP contribution in [0.25, 0.3) is 5.65 Å². The normalized spacial score (nSPS) is 24.1. The number of halogens is 4. The van der Waals surface area contributed by atoms with Gasteiger partial charge in [0, 0.05) is 29.1 Å². The minimum Gasteiger partial charge on any atom is -0.444 e. The topological polar surface area (TPSA) is 110 Å². The first kappa shape index (κ1) is 33.5. The molecule has 2 aromatic heterocycles. The Morgan fingerprint density at radius 1 is 1.13 bits per heavy atom. The standard InChI is InChI=1S/C27H40B4F4N6O4/c1-23(2,3)45-22(43)38-20(14-6-8-24(32,33)9-7-14)17-12-40-19(37-17)10-15(11-36-40)18(13-44-16-4-5-16)41-21(42)39-26(28,29)25(34,35)27(41,30)31/h10-12,14,16,18,20H,4-9,13,28-31H2,1-3H3,(H,38,43)(H,39,42)/t18-,20+/m1/s1. The molecule has 3 fully saturated rings. The van der Waals surface area contributed by atoms with Crippen molar-refractivity contribution < 1.29 is 36.6 Å². The molecule has 0 radical (unpaired) electrons. The molecule has 3 heterocycles. The van der Waals surface area contributed by atoms with Crippen molar-refractivity contribution in [3.05, 3.63) is 29.7 Å². The highest BCUT2D eigenvalue weighted by Crippen LogP contribution is 2.44. The van der Waals surface area contributed by atoms with Crippen LogP contribution in [0.4, 0.5) is 27.2 Å². The summed E-state index contributed by atoms with van der Waals surface area (Å²) in [6, 6.07) is -0.655. The zero-order valence-electron chi connectivity index (χ0n) is 26.9. The van der Waals surface area contributed by atoms with Crippen molar-refractivity contribution in [2.45, 2.75) is 106 Å². The van der Waals surface area contributed by atoms with Crippen molar-refractivity contribution in [2.24, 2.45) is 5.92 Å². The Morgan fingerprint density at radius 3 is 2.38 bits per heavy atom. The van der Waals surface area contributed by atoms with Gasteiger partial charge in [0.15, 0.2) is 5.65 Å². The number of amides is 3. The molecular weight excluding hydrogens is 592 g/mol. The summed E-state index contributed by atoms with van der Waals surface area (Å²) in [4.78, 5) is 32.1. The van der Waals surface area contributed by atoms with E-state index in [2.05, 4.69) is 15.7 Å². The van der Waals surface area contributed by atoms with Crippen LogP contribution < -0.4 is 10.6 Å². The summed E-state index contributed by atoms with van der Waals surface area (Å²) in [6.45, 7) is 5.15. The smallest absolute Gasteiger partial charge is 0.408 e. The number of carbonyl (C=O) groups excluding carboxylic acids is 2. The van der Waals surface area contributed by atoms with E-state index in [-0.39, 0.29) is 44.3 Å². The second-order valence-corrected chi connectivity index (χ2v) is 14.7. The third-order valence-electron chi connectivity index (χ3n) is 9.09. The van der Waals surface area contributed by atoms with E-state index in [0.717, 1.165) is 17.7 Å². The Bertz CT molecular complexity index is 1440. The number of fused-ring (bicyclic) bond motifs is 1. The number of nitrogens with one attached hydrogen (secondary N) is 2. The first-order valence-electron chi connectivity index (χ1n) is 15.5. The van der Waals surface area contributed by atoms with Gasteiger partial charge in [-0.15, -0.1) is 0 Å². The van der Waals surface area contributed by atoms with Gasteiger partial charge in [-0.2, -0.15) is 5.10 Å². The van der Waals surface area contributed by atoms with Gasteiger partial charge in [0.25, 0.3) is 5.92 Å². The number of hydrogen-bond donors (Lipinski definition) is 2. The highest BCUT2D eigenvalue weighted by Gasteiger charge is 2.65. The van der Waals surface area contributed by atoms with Crippen LogP contribution in [0.1, 0.15) is 82.6 Å². The third kappa shape index (κ3) is 6.80. The lowest BCUT2D eigenvalue weighted by atomic mass is 9.43. The number of ether oxygens (including phenoxy) is 2. The van der Waals surface area contributed by atoms with E-state index in [1.807, 2.05) is 0 Å². The predicted octanol–water partition coefficient (Wildman–Crippen LogP) is 0.841. The first-order chi connectivity index (χ1) is 20.7. The van der Waals surface area contributed by atoms with Crippen LogP contribution >= 0.6 is 0 Å². The van der Waals surface area contributed by atoms with Gasteiger partial charge in [-0.05, 0) is 58.4 Å². The Hall–Kier alpha value is -2.90. The molecule has 2 N–H and O–H groups in total. The van der Waals surface area contributed by atoms with E-state index < -0.39 is 52.3 Å². The molecular formula is C27H40B4F4N6O4. The third-order valence-corrected chi connectivity index (χ3v) is 9.09. The van der Waals surface area contributed by atoms with Gasteiger partial charge >= 0.3 is 12.1 Å². The number of imidazole rings is 1. The molecule has 0 aromatic carbocycles. The van der Waals surface area contributed by atoms with Crippen molar-refractivity contribution in [2.75, 3.05) is 6.61 Å². The lowest BCUT2D eigenvalue weighted by molar-refractivity contribution is -0.109. The molecule has 3 amide bonds. The summed E-state index contributed by atoms with van der Waals surface area (Å²) in [6.07, 6.45) is 3.82. The van der Waals surface area contributed by atoms with Crippen molar-refractivity contribution in [1.82, 2.24) is 30.1 Å². The average Bonchev–Trinajstić information content (AvgIpc) is 3.63. The average molecular weight is 632 g/mol. The molecule has 2 atom stereocenters. The summed E-state index contributed by atoms with van der Waals surface area (Å²) < 4.78 is 72.6. The van der Waals surface area contributed by atoms with E-state index in [0.29, 0.717) is 16.9 Å². The van der Waals surface area contributed by atoms with Gasteiger partial charge < -0.3 is 25.0 Å². The van der Waals surface area contributed by atoms with Crippen LogP contribution in [0.2, 0.25) is 0 Å². The van der Waals surface area contributed by atoms with Crippen molar-refractivity contribution in [3.63, 3.8) is 0 Å². The van der Waals surface area contributed by atoms with Gasteiger partial charge in [-0.1, -0.05) is 0 Å². The van der Waals surface area contributed by atoms with Gasteiger partial charge in [-0.25, -0.2) is 36.7 Å². The Morgan fingerprint density at radius 2 is 1.78 bits per heavy atom. The second-order valence-electron chi connectivity index (χ2n) is 14.7. The zero-order chi connectivity index (χ0) is 33.2. The monoisotopic (exact) mass is 632 g/mol. The van der Waals surface area contributed by atoms with E-state index in [1.54, 1.807) is 33.0 Å². The van der Waals surface area contributed by atoms with Gasteiger partial charge in [-0.3, -0.25) is 0 Å². The Balaban J connectivity index is 1.50. The molecule has 5 rings (SSSR count). The molecule has 0 bridgehead atoms. The molecule has 1 saturated heterocycles. The maximum absolute atomic E-state index is 15.8. The number of alkyl carbamates (subject to hydrolysis) is 1. The molecule has 45 heavy (non-hydrogen) atoms. The fraction of sp³-hybridized carbons (Fsp3) is 0.704. The highest BCUT2D eigenvalue weighted by molar-refractivity contribution is 6.48. The van der Waals surface area contributed by atoms with Crippen molar-refractivity contribution in [3.8, 4) is 0 Å². The molecule has 18 heteroatoms. The predicted molar refractivity (Wildman–Crippen MR) is 169 cm³/mol. The SMILES string of the molecule is BC1(B)NC(=O)N([C@H](COC2CC2)c2cnn3cc([C@@H](NC(=O)OC(C)(C)C)C4CCC(F)(F)CC4)nc3c2)C(B)(B)C1(F)F. The summed E-state index contributed by atoms with van der Waals surface area (Å²) in [5, 5.41) is 6.10. The van der Waals surface area contributed by atoms with Gasteiger partial charge in [0.1, 0.15) is 37.0 Å². The molecule has 2 aromatic rings. The molecule has 3 aliphatic rings. The maximum Gasteiger partial charge on any atom is 0.408 e. The minimum absolute atomic E-state index is 0.00214. The molecule has 2 aliphatic carbocycles. The molecule has 242 valence electrons. The lowest BCUT2D eigenvalue weighted by Crippen LogP contribution is -2.83. The zero-order valence-corrected chi connectivity index (χ0v) is 26.9. The fourth-order valence-corrected chi connectivity index (χ4v) is 6.39. The van der Waals surface area contributed by atoms with Crippen LogP contribution in [0.15, 0.2) is 18.5 Å². The Labute approximate surface area is 263 Å². The fourth-order valence-electron chi connectivity index (χ4n) is 6.39. The van der Waals surface area contributed by atoms with Crippen LogP contribution in [0.3, 0.4) is 0 Å². The summed E-state index contributed by atoms with van der Waals surface area (Å²) in [7, 11) is 5.29. The second kappa shape index (κ2) is 11.4. The number of hydrogen-bond acceptors (Lipinski definition) is 6. The number of urea groups is 1. The molecule has 2 saturated carbocycles. The highest BCUT2D eigenvalue weighted by atomic mass is 19.3. The molecule has 0 spiro atoms. The number of alkyl halides is 4. The molecule has 0 unspecified atom stereocenters. The molecule has 10 nitrogen and oxygen atoms in total. The Kier molecular flexibility index (Phi) is 8.49.